The zero-order valence-electron chi connectivity index (χ0n) is 15.0. The molecule has 2 aromatic heterocycles. The van der Waals surface area contributed by atoms with E-state index >= 15 is 0 Å². The summed E-state index contributed by atoms with van der Waals surface area (Å²) in [5.74, 6) is 0.0268. The molecule has 7 nitrogen and oxygen atoms in total. The molecule has 1 atom stereocenters. The SMILES string of the molecule is CCn1cc(S(=O)(=O)N[C@@H](c2cnc3ccccc3c2)C2CC(O)C2)cn1. The van der Waals surface area contributed by atoms with Gasteiger partial charge in [-0.05, 0) is 43.4 Å². The van der Waals surface area contributed by atoms with Crippen molar-refractivity contribution in [3.05, 3.63) is 54.5 Å². The van der Waals surface area contributed by atoms with Gasteiger partial charge in [0.15, 0.2) is 0 Å². The fourth-order valence-corrected chi connectivity index (χ4v) is 4.73. The Kier molecular flexibility index (Phi) is 4.71. The molecule has 0 radical (unpaired) electrons. The smallest absolute Gasteiger partial charge is 0.244 e. The molecule has 1 fully saturated rings. The van der Waals surface area contributed by atoms with Crippen LogP contribution >= 0.6 is 0 Å². The maximum absolute atomic E-state index is 12.9. The Labute approximate surface area is 158 Å². The second kappa shape index (κ2) is 7.03. The molecule has 2 N–H and O–H groups in total. The molecular weight excluding hydrogens is 364 g/mol. The van der Waals surface area contributed by atoms with E-state index < -0.39 is 16.1 Å². The molecular formula is C19H22N4O3S. The van der Waals surface area contributed by atoms with Crippen LogP contribution in [0.2, 0.25) is 0 Å². The Bertz CT molecular complexity index is 1060. The van der Waals surface area contributed by atoms with Gasteiger partial charge in [-0.15, -0.1) is 0 Å². The summed E-state index contributed by atoms with van der Waals surface area (Å²) in [7, 11) is -3.73. The van der Waals surface area contributed by atoms with E-state index in [2.05, 4.69) is 14.8 Å². The second-order valence-corrected chi connectivity index (χ2v) is 8.69. The van der Waals surface area contributed by atoms with Gasteiger partial charge in [-0.3, -0.25) is 9.67 Å². The van der Waals surface area contributed by atoms with Crippen LogP contribution in [0.15, 0.2) is 53.8 Å². The average molecular weight is 386 g/mol. The zero-order chi connectivity index (χ0) is 19.0. The number of fused-ring (bicyclic) bond motifs is 1. The van der Waals surface area contributed by atoms with Crippen molar-refractivity contribution >= 4 is 20.9 Å². The first-order valence-corrected chi connectivity index (χ1v) is 10.5. The van der Waals surface area contributed by atoms with Gasteiger partial charge in [0.05, 0.1) is 23.9 Å². The van der Waals surface area contributed by atoms with Gasteiger partial charge >= 0.3 is 0 Å². The molecule has 0 bridgehead atoms. The normalized spacial score (nSPS) is 21.1. The largest absolute Gasteiger partial charge is 0.393 e. The standard InChI is InChI=1S/C19H22N4O3S/c1-2-23-12-17(11-21-23)27(25,26)22-19(14-8-16(24)9-14)15-7-13-5-3-4-6-18(13)20-10-15/h3-7,10-12,14,16,19,22,24H,2,8-9H2,1H3/t14?,16?,19-/m1/s1. The van der Waals surface area contributed by atoms with Gasteiger partial charge in [-0.25, -0.2) is 13.1 Å². The molecule has 27 heavy (non-hydrogen) atoms. The van der Waals surface area contributed by atoms with Gasteiger partial charge in [0.1, 0.15) is 4.90 Å². The maximum Gasteiger partial charge on any atom is 0.244 e. The third-order valence-corrected chi connectivity index (χ3v) is 6.51. The van der Waals surface area contributed by atoms with Crippen molar-refractivity contribution < 1.29 is 13.5 Å². The highest BCUT2D eigenvalue weighted by molar-refractivity contribution is 7.89. The third-order valence-electron chi connectivity index (χ3n) is 5.12. The fraction of sp³-hybridized carbons (Fsp3) is 0.368. The molecule has 0 unspecified atom stereocenters. The number of benzene rings is 1. The highest BCUT2D eigenvalue weighted by Gasteiger charge is 2.37. The number of rotatable bonds is 6. The first kappa shape index (κ1) is 18.1. The summed E-state index contributed by atoms with van der Waals surface area (Å²) in [5.41, 5.74) is 1.66. The second-order valence-electron chi connectivity index (χ2n) is 6.98. The Morgan fingerprint density at radius 3 is 2.78 bits per heavy atom. The average Bonchev–Trinajstić information content (AvgIpc) is 3.14. The highest BCUT2D eigenvalue weighted by atomic mass is 32.2. The predicted octanol–water partition coefficient (Wildman–Crippen LogP) is 2.24. The van der Waals surface area contributed by atoms with E-state index in [-0.39, 0.29) is 16.9 Å². The Balaban J connectivity index is 1.68. The van der Waals surface area contributed by atoms with E-state index in [1.807, 2.05) is 37.3 Å². The molecule has 0 amide bonds. The predicted molar refractivity (Wildman–Crippen MR) is 101 cm³/mol. The summed E-state index contributed by atoms with van der Waals surface area (Å²) in [6.45, 7) is 2.50. The number of pyridine rings is 1. The first-order valence-electron chi connectivity index (χ1n) is 9.04. The molecule has 3 aromatic rings. The van der Waals surface area contributed by atoms with Gasteiger partial charge in [0, 0.05) is 24.3 Å². The molecule has 1 saturated carbocycles. The van der Waals surface area contributed by atoms with Gasteiger partial charge in [-0.2, -0.15) is 5.10 Å². The molecule has 0 spiro atoms. The Morgan fingerprint density at radius 2 is 2.07 bits per heavy atom. The molecule has 1 aliphatic rings. The summed E-state index contributed by atoms with van der Waals surface area (Å²) < 4.78 is 30.2. The first-order chi connectivity index (χ1) is 13.0. The monoisotopic (exact) mass is 386 g/mol. The summed E-state index contributed by atoms with van der Waals surface area (Å²) >= 11 is 0. The van der Waals surface area contributed by atoms with Crippen LogP contribution in [0.1, 0.15) is 31.4 Å². The molecule has 2 heterocycles. The Morgan fingerprint density at radius 1 is 1.30 bits per heavy atom. The quantitative estimate of drug-likeness (QED) is 0.677. The number of sulfonamides is 1. The van der Waals surface area contributed by atoms with Crippen molar-refractivity contribution in [3.63, 3.8) is 0 Å². The summed E-state index contributed by atoms with van der Waals surface area (Å²) in [6, 6.07) is 9.25. The number of aliphatic hydroxyl groups is 1. The number of hydrogen-bond acceptors (Lipinski definition) is 5. The van der Waals surface area contributed by atoms with Crippen molar-refractivity contribution in [3.8, 4) is 0 Å². The van der Waals surface area contributed by atoms with E-state index in [1.54, 1.807) is 10.9 Å². The van der Waals surface area contributed by atoms with Crippen LogP contribution in [0.4, 0.5) is 0 Å². The number of aromatic nitrogens is 3. The lowest BCUT2D eigenvalue weighted by atomic mass is 9.75. The number of aryl methyl sites for hydroxylation is 1. The number of nitrogens with zero attached hydrogens (tertiary/aromatic N) is 3. The number of aliphatic hydroxyl groups excluding tert-OH is 1. The lowest BCUT2D eigenvalue weighted by Gasteiger charge is -2.38. The van der Waals surface area contributed by atoms with Crippen LogP contribution in [0.25, 0.3) is 10.9 Å². The summed E-state index contributed by atoms with van der Waals surface area (Å²) in [4.78, 5) is 4.61. The maximum atomic E-state index is 12.9. The van der Waals surface area contributed by atoms with Crippen molar-refractivity contribution in [1.82, 2.24) is 19.5 Å². The number of nitrogens with one attached hydrogen (secondary N) is 1. The van der Waals surface area contributed by atoms with Gasteiger partial charge in [-0.1, -0.05) is 18.2 Å². The van der Waals surface area contributed by atoms with Crippen molar-refractivity contribution in [1.29, 1.82) is 0 Å². The van der Waals surface area contributed by atoms with Crippen LogP contribution in [-0.2, 0) is 16.6 Å². The zero-order valence-corrected chi connectivity index (χ0v) is 15.8. The van der Waals surface area contributed by atoms with Crippen LogP contribution < -0.4 is 4.72 Å². The van der Waals surface area contributed by atoms with E-state index in [9.17, 15) is 13.5 Å². The molecule has 1 aromatic carbocycles. The molecule has 1 aliphatic carbocycles. The van der Waals surface area contributed by atoms with Crippen molar-refractivity contribution in [2.45, 2.75) is 43.4 Å². The van der Waals surface area contributed by atoms with E-state index in [0.717, 1.165) is 16.5 Å². The molecule has 4 rings (SSSR count). The van der Waals surface area contributed by atoms with Gasteiger partial charge in [0.25, 0.3) is 0 Å². The van der Waals surface area contributed by atoms with Crippen molar-refractivity contribution in [2.75, 3.05) is 0 Å². The van der Waals surface area contributed by atoms with E-state index in [4.69, 9.17) is 0 Å². The van der Waals surface area contributed by atoms with Gasteiger partial charge < -0.3 is 5.11 Å². The lowest BCUT2D eigenvalue weighted by molar-refractivity contribution is 0.0280. The topological polar surface area (TPSA) is 97.1 Å². The fourth-order valence-electron chi connectivity index (χ4n) is 3.49. The Hall–Kier alpha value is -2.29. The number of para-hydroxylation sites is 1. The van der Waals surface area contributed by atoms with Crippen LogP contribution in [0.3, 0.4) is 0 Å². The van der Waals surface area contributed by atoms with Crippen LogP contribution in [-0.4, -0.2) is 34.4 Å². The minimum atomic E-state index is -3.73. The highest BCUT2D eigenvalue weighted by Crippen LogP contribution is 2.39. The van der Waals surface area contributed by atoms with Crippen molar-refractivity contribution in [2.24, 2.45) is 5.92 Å². The van der Waals surface area contributed by atoms with E-state index in [1.165, 1.54) is 12.4 Å². The van der Waals surface area contributed by atoms with Crippen LogP contribution in [0.5, 0.6) is 0 Å². The number of hydrogen-bond donors (Lipinski definition) is 2. The molecule has 142 valence electrons. The minimum absolute atomic E-state index is 0.0268. The molecule has 0 saturated heterocycles. The lowest BCUT2D eigenvalue weighted by Crippen LogP contribution is -2.41. The van der Waals surface area contributed by atoms with Gasteiger partial charge in [0.2, 0.25) is 10.0 Å². The molecule has 8 heteroatoms. The molecule has 0 aliphatic heterocycles. The third kappa shape index (κ3) is 3.60. The minimum Gasteiger partial charge on any atom is -0.393 e. The van der Waals surface area contributed by atoms with E-state index in [0.29, 0.717) is 19.4 Å². The summed E-state index contributed by atoms with van der Waals surface area (Å²) in [6.07, 6.45) is 5.35. The van der Waals surface area contributed by atoms with Crippen LogP contribution in [0, 0.1) is 5.92 Å². The summed E-state index contributed by atoms with van der Waals surface area (Å²) in [5, 5.41) is 14.7.